The smallest absolute Gasteiger partial charge is 0.264 e. The van der Waals surface area contributed by atoms with E-state index in [1.807, 2.05) is 30.3 Å². The van der Waals surface area contributed by atoms with Crippen LogP contribution < -0.4 is 9.62 Å². The van der Waals surface area contributed by atoms with Crippen LogP contribution in [0.1, 0.15) is 15.4 Å². The van der Waals surface area contributed by atoms with Gasteiger partial charge in [0.2, 0.25) is 0 Å². The lowest BCUT2D eigenvalue weighted by Gasteiger charge is -2.19. The van der Waals surface area contributed by atoms with E-state index in [0.29, 0.717) is 24.2 Å². The van der Waals surface area contributed by atoms with Gasteiger partial charge in [0.05, 0.1) is 25.8 Å². The molecule has 6 nitrogen and oxygen atoms in total. The lowest BCUT2D eigenvalue weighted by Crippen LogP contribution is -2.28. The number of nitrogens with zero attached hydrogens (tertiary/aromatic N) is 2. The maximum Gasteiger partial charge on any atom is 0.264 e. The molecule has 0 atom stereocenters. The molecule has 1 amide bonds. The number of amides is 1. The Bertz CT molecular complexity index is 1290. The highest BCUT2D eigenvalue weighted by Gasteiger charge is 2.22. The minimum atomic E-state index is -3.78. The van der Waals surface area contributed by atoms with Crippen LogP contribution in [-0.4, -0.2) is 32.9 Å². The lowest BCUT2D eigenvalue weighted by atomic mass is 10.2. The van der Waals surface area contributed by atoms with Crippen molar-refractivity contribution in [1.82, 2.24) is 10.3 Å². The summed E-state index contributed by atoms with van der Waals surface area (Å²) in [5.74, 6) is -0.319. The van der Waals surface area contributed by atoms with Crippen LogP contribution in [0.5, 0.6) is 0 Å². The zero-order valence-corrected chi connectivity index (χ0v) is 18.5. The van der Waals surface area contributed by atoms with Gasteiger partial charge < -0.3 is 5.32 Å². The molecular weight excluding hydrogens is 430 g/mol. The standard InChI is InChI=1S/C23H21N3O3S2/c1-26(18-9-3-2-4-10-18)31(28,29)19-11-7-8-17(16-19)23(27)24-15-14-22-25-20-12-5-6-13-21(20)30-22/h2-13,16H,14-15H2,1H3,(H,24,27). The molecule has 4 rings (SSSR count). The molecule has 0 saturated heterocycles. The second-order valence-electron chi connectivity index (χ2n) is 6.92. The quantitative estimate of drug-likeness (QED) is 0.459. The van der Waals surface area contributed by atoms with E-state index in [0.717, 1.165) is 15.2 Å². The molecule has 0 bridgehead atoms. The second-order valence-corrected chi connectivity index (χ2v) is 10.0. The molecule has 1 heterocycles. The average Bonchev–Trinajstić information content (AvgIpc) is 3.22. The molecule has 0 aliphatic heterocycles. The first-order valence-electron chi connectivity index (χ1n) is 9.72. The van der Waals surface area contributed by atoms with E-state index in [1.165, 1.54) is 23.5 Å². The Kier molecular flexibility index (Phi) is 6.01. The fourth-order valence-corrected chi connectivity index (χ4v) is 5.35. The summed E-state index contributed by atoms with van der Waals surface area (Å²) in [5, 5.41) is 3.80. The highest BCUT2D eigenvalue weighted by atomic mass is 32.2. The normalized spacial score (nSPS) is 11.4. The third-order valence-electron chi connectivity index (χ3n) is 4.84. The second kappa shape index (κ2) is 8.87. The van der Waals surface area contributed by atoms with Crippen molar-refractivity contribution >= 4 is 43.2 Å². The number of fused-ring (bicyclic) bond motifs is 1. The first-order valence-corrected chi connectivity index (χ1v) is 12.0. The summed E-state index contributed by atoms with van der Waals surface area (Å²) in [6, 6.07) is 22.8. The Hall–Kier alpha value is -3.23. The van der Waals surface area contributed by atoms with Gasteiger partial charge in [-0.3, -0.25) is 9.10 Å². The zero-order chi connectivity index (χ0) is 21.8. The van der Waals surface area contributed by atoms with E-state index in [2.05, 4.69) is 10.3 Å². The molecule has 3 aromatic carbocycles. The average molecular weight is 452 g/mol. The number of sulfonamides is 1. The van der Waals surface area contributed by atoms with Crippen molar-refractivity contribution < 1.29 is 13.2 Å². The Balaban J connectivity index is 1.44. The number of carbonyl (C=O) groups is 1. The van der Waals surface area contributed by atoms with Crippen LogP contribution >= 0.6 is 11.3 Å². The molecule has 0 saturated carbocycles. The van der Waals surface area contributed by atoms with E-state index < -0.39 is 10.0 Å². The summed E-state index contributed by atoms with van der Waals surface area (Å²) >= 11 is 1.60. The van der Waals surface area contributed by atoms with Gasteiger partial charge in [0.1, 0.15) is 0 Å². The van der Waals surface area contributed by atoms with E-state index in [4.69, 9.17) is 0 Å². The van der Waals surface area contributed by atoms with Gasteiger partial charge in [0, 0.05) is 25.6 Å². The fraction of sp³-hybridized carbons (Fsp3) is 0.130. The van der Waals surface area contributed by atoms with Gasteiger partial charge in [0.15, 0.2) is 0 Å². The highest BCUT2D eigenvalue weighted by molar-refractivity contribution is 7.92. The summed E-state index contributed by atoms with van der Waals surface area (Å²) in [5.41, 5.74) is 1.80. The molecule has 0 spiro atoms. The number of thiazole rings is 1. The predicted octanol–water partition coefficient (Wildman–Crippen LogP) is 4.09. The van der Waals surface area contributed by atoms with Crippen LogP contribution in [0.2, 0.25) is 0 Å². The van der Waals surface area contributed by atoms with Crippen LogP contribution in [0.15, 0.2) is 83.8 Å². The number of rotatable bonds is 7. The van der Waals surface area contributed by atoms with Crippen LogP contribution in [0, 0.1) is 0 Å². The summed E-state index contributed by atoms with van der Waals surface area (Å²) in [4.78, 5) is 17.2. The Morgan fingerprint density at radius 3 is 2.52 bits per heavy atom. The van der Waals surface area contributed by atoms with Crippen LogP contribution in [0.25, 0.3) is 10.2 Å². The fourth-order valence-electron chi connectivity index (χ4n) is 3.14. The summed E-state index contributed by atoms with van der Waals surface area (Å²) in [6.45, 7) is 0.416. The van der Waals surface area contributed by atoms with Gasteiger partial charge in [-0.05, 0) is 42.5 Å². The number of carbonyl (C=O) groups excluding carboxylic acids is 1. The molecule has 0 radical (unpaired) electrons. The molecule has 8 heteroatoms. The molecule has 0 aliphatic rings. The number of nitrogens with one attached hydrogen (secondary N) is 1. The van der Waals surface area contributed by atoms with Crippen LogP contribution in [0.4, 0.5) is 5.69 Å². The lowest BCUT2D eigenvalue weighted by molar-refractivity contribution is 0.0954. The van der Waals surface area contributed by atoms with Crippen molar-refractivity contribution in [2.75, 3.05) is 17.9 Å². The number of hydrogen-bond acceptors (Lipinski definition) is 5. The van der Waals surface area contributed by atoms with Crippen molar-refractivity contribution in [1.29, 1.82) is 0 Å². The first-order chi connectivity index (χ1) is 14.9. The van der Waals surface area contributed by atoms with Crippen molar-refractivity contribution in [3.63, 3.8) is 0 Å². The van der Waals surface area contributed by atoms with Gasteiger partial charge in [-0.15, -0.1) is 11.3 Å². The summed E-state index contributed by atoms with van der Waals surface area (Å²) < 4.78 is 28.3. The van der Waals surface area contributed by atoms with Gasteiger partial charge in [-0.25, -0.2) is 13.4 Å². The van der Waals surface area contributed by atoms with Crippen LogP contribution in [-0.2, 0) is 16.4 Å². The third-order valence-corrected chi connectivity index (χ3v) is 7.71. The molecule has 0 aliphatic carbocycles. The number of benzene rings is 3. The Morgan fingerprint density at radius 2 is 1.74 bits per heavy atom. The van der Waals surface area contributed by atoms with E-state index in [1.54, 1.807) is 47.7 Å². The summed E-state index contributed by atoms with van der Waals surface area (Å²) in [7, 11) is -2.29. The van der Waals surface area contributed by atoms with Gasteiger partial charge in [0.25, 0.3) is 15.9 Å². The van der Waals surface area contributed by atoms with E-state index in [9.17, 15) is 13.2 Å². The van der Waals surface area contributed by atoms with Gasteiger partial charge in [-0.2, -0.15) is 0 Å². The number of para-hydroxylation sites is 2. The maximum atomic E-state index is 13.0. The number of anilines is 1. The minimum Gasteiger partial charge on any atom is -0.352 e. The summed E-state index contributed by atoms with van der Waals surface area (Å²) in [6.07, 6.45) is 0.611. The van der Waals surface area contributed by atoms with Crippen molar-refractivity contribution in [3.05, 3.63) is 89.4 Å². The largest absolute Gasteiger partial charge is 0.352 e. The number of aromatic nitrogens is 1. The molecule has 31 heavy (non-hydrogen) atoms. The SMILES string of the molecule is CN(c1ccccc1)S(=O)(=O)c1cccc(C(=O)NCCc2nc3ccccc3s2)c1. The monoisotopic (exact) mass is 451 g/mol. The molecule has 4 aromatic rings. The Morgan fingerprint density at radius 1 is 1.00 bits per heavy atom. The van der Waals surface area contributed by atoms with Crippen molar-refractivity contribution in [2.24, 2.45) is 0 Å². The van der Waals surface area contributed by atoms with Crippen LogP contribution in [0.3, 0.4) is 0 Å². The molecule has 1 N–H and O–H groups in total. The van der Waals surface area contributed by atoms with Gasteiger partial charge >= 0.3 is 0 Å². The molecule has 1 aromatic heterocycles. The van der Waals surface area contributed by atoms with Crippen molar-refractivity contribution in [3.8, 4) is 0 Å². The third kappa shape index (κ3) is 4.60. The predicted molar refractivity (Wildman–Crippen MR) is 124 cm³/mol. The molecule has 0 fully saturated rings. The maximum absolute atomic E-state index is 13.0. The number of hydrogen-bond donors (Lipinski definition) is 1. The van der Waals surface area contributed by atoms with E-state index >= 15 is 0 Å². The zero-order valence-electron chi connectivity index (χ0n) is 16.9. The molecule has 158 valence electrons. The van der Waals surface area contributed by atoms with Gasteiger partial charge in [-0.1, -0.05) is 36.4 Å². The molecular formula is C23H21N3O3S2. The highest BCUT2D eigenvalue weighted by Crippen LogP contribution is 2.23. The minimum absolute atomic E-state index is 0.0673. The first kappa shape index (κ1) is 21.0. The van der Waals surface area contributed by atoms with E-state index in [-0.39, 0.29) is 10.8 Å². The van der Waals surface area contributed by atoms with Crippen molar-refractivity contribution in [2.45, 2.75) is 11.3 Å². The Labute approximate surface area is 185 Å². The topological polar surface area (TPSA) is 79.4 Å². The molecule has 0 unspecified atom stereocenters.